The largest absolute Gasteiger partial charge is 0.321 e. The number of rotatable bonds is 2. The maximum atomic E-state index is 12.3. The third kappa shape index (κ3) is 2.69. The molecular weight excluding hydrogens is 272 g/mol. The summed E-state index contributed by atoms with van der Waals surface area (Å²) in [5.74, 6) is -0.133. The summed E-state index contributed by atoms with van der Waals surface area (Å²) >= 11 is 6.05. The third-order valence-electron chi connectivity index (χ3n) is 3.48. The number of amides is 1. The quantitative estimate of drug-likeness (QED) is 0.890. The molecule has 0 saturated carbocycles. The van der Waals surface area contributed by atoms with Gasteiger partial charge in [0.2, 0.25) is 0 Å². The van der Waals surface area contributed by atoms with Crippen LogP contribution in [-0.2, 0) is 13.0 Å². The highest BCUT2D eigenvalue weighted by molar-refractivity contribution is 6.33. The van der Waals surface area contributed by atoms with E-state index in [0.717, 1.165) is 19.5 Å². The molecule has 4 heteroatoms. The predicted molar refractivity (Wildman–Crippen MR) is 81.3 cm³/mol. The summed E-state index contributed by atoms with van der Waals surface area (Å²) in [5, 5.41) is 6.70. The third-order valence-corrected chi connectivity index (χ3v) is 3.81. The van der Waals surface area contributed by atoms with Crippen molar-refractivity contribution in [2.45, 2.75) is 13.0 Å². The number of para-hydroxylation sites is 1. The van der Waals surface area contributed by atoms with Crippen molar-refractivity contribution in [3.63, 3.8) is 0 Å². The highest BCUT2D eigenvalue weighted by atomic mass is 35.5. The number of carbonyl (C=O) groups is 1. The van der Waals surface area contributed by atoms with E-state index in [1.54, 1.807) is 12.1 Å². The second kappa shape index (κ2) is 5.65. The Labute approximate surface area is 123 Å². The Bertz CT molecular complexity index is 655. The number of anilines is 1. The molecule has 1 aliphatic rings. The van der Waals surface area contributed by atoms with E-state index in [4.69, 9.17) is 11.6 Å². The number of fused-ring (bicyclic) bond motifs is 1. The van der Waals surface area contributed by atoms with E-state index in [1.165, 1.54) is 11.1 Å². The van der Waals surface area contributed by atoms with Crippen molar-refractivity contribution in [2.75, 3.05) is 11.9 Å². The van der Waals surface area contributed by atoms with Gasteiger partial charge in [0.15, 0.2) is 0 Å². The normalized spacial score (nSPS) is 13.7. The maximum Gasteiger partial charge on any atom is 0.255 e. The zero-order valence-corrected chi connectivity index (χ0v) is 11.7. The zero-order valence-electron chi connectivity index (χ0n) is 10.9. The van der Waals surface area contributed by atoms with Crippen molar-refractivity contribution in [1.29, 1.82) is 0 Å². The molecule has 2 aromatic rings. The van der Waals surface area contributed by atoms with Crippen molar-refractivity contribution in [2.24, 2.45) is 0 Å². The fourth-order valence-corrected chi connectivity index (χ4v) is 2.56. The van der Waals surface area contributed by atoms with Gasteiger partial charge in [0, 0.05) is 12.1 Å². The van der Waals surface area contributed by atoms with E-state index in [0.29, 0.717) is 16.3 Å². The number of halogens is 1. The smallest absolute Gasteiger partial charge is 0.255 e. The van der Waals surface area contributed by atoms with E-state index in [2.05, 4.69) is 10.6 Å². The van der Waals surface area contributed by atoms with Crippen LogP contribution in [-0.4, -0.2) is 12.5 Å². The molecule has 0 saturated heterocycles. The van der Waals surface area contributed by atoms with Gasteiger partial charge in [-0.3, -0.25) is 4.79 Å². The summed E-state index contributed by atoms with van der Waals surface area (Å²) in [6.07, 6.45) is 1.02. The van der Waals surface area contributed by atoms with E-state index in [1.807, 2.05) is 30.3 Å². The van der Waals surface area contributed by atoms with Gasteiger partial charge in [0.1, 0.15) is 0 Å². The molecule has 3 nitrogen and oxygen atoms in total. The Hall–Kier alpha value is -1.84. The molecule has 0 bridgehead atoms. The number of nitrogens with one attached hydrogen (secondary N) is 2. The molecule has 0 radical (unpaired) electrons. The summed E-state index contributed by atoms with van der Waals surface area (Å²) in [6, 6.07) is 13.1. The summed E-state index contributed by atoms with van der Waals surface area (Å²) in [4.78, 5) is 12.3. The Morgan fingerprint density at radius 3 is 2.85 bits per heavy atom. The standard InChI is InChI=1S/C16H15ClN2O/c17-14-3-1-2-4-15(14)19-16(20)12-6-5-11-7-8-18-10-13(11)9-12/h1-6,9,18H,7-8,10H2,(H,19,20). The Kier molecular flexibility index (Phi) is 3.72. The first kappa shape index (κ1) is 13.2. The van der Waals surface area contributed by atoms with Crippen LogP contribution in [0.3, 0.4) is 0 Å². The highest BCUT2D eigenvalue weighted by Crippen LogP contribution is 2.22. The Morgan fingerprint density at radius 2 is 2.00 bits per heavy atom. The average molecular weight is 287 g/mol. The second-order valence-electron chi connectivity index (χ2n) is 4.84. The number of benzene rings is 2. The van der Waals surface area contributed by atoms with Crippen LogP contribution < -0.4 is 10.6 Å². The average Bonchev–Trinajstić information content (AvgIpc) is 2.49. The molecule has 0 unspecified atom stereocenters. The van der Waals surface area contributed by atoms with Gasteiger partial charge in [-0.15, -0.1) is 0 Å². The molecule has 20 heavy (non-hydrogen) atoms. The van der Waals surface area contributed by atoms with Gasteiger partial charge in [0.05, 0.1) is 10.7 Å². The van der Waals surface area contributed by atoms with Crippen LogP contribution in [0.1, 0.15) is 21.5 Å². The number of hydrogen-bond donors (Lipinski definition) is 2. The van der Waals surface area contributed by atoms with Gasteiger partial charge in [-0.2, -0.15) is 0 Å². The first-order valence-corrected chi connectivity index (χ1v) is 7.00. The first-order chi connectivity index (χ1) is 9.74. The molecule has 102 valence electrons. The first-order valence-electron chi connectivity index (χ1n) is 6.62. The van der Waals surface area contributed by atoms with E-state index >= 15 is 0 Å². The maximum absolute atomic E-state index is 12.3. The molecule has 1 amide bonds. The molecule has 0 aliphatic carbocycles. The van der Waals surface area contributed by atoms with Crippen molar-refractivity contribution in [3.05, 3.63) is 64.2 Å². The van der Waals surface area contributed by atoms with Gasteiger partial charge in [-0.05, 0) is 48.4 Å². The van der Waals surface area contributed by atoms with Gasteiger partial charge >= 0.3 is 0 Å². The molecule has 0 atom stereocenters. The lowest BCUT2D eigenvalue weighted by atomic mass is 9.98. The minimum Gasteiger partial charge on any atom is -0.321 e. The molecule has 2 N–H and O–H groups in total. The van der Waals surface area contributed by atoms with E-state index in [9.17, 15) is 4.79 Å². The number of hydrogen-bond acceptors (Lipinski definition) is 2. The molecule has 1 heterocycles. The van der Waals surface area contributed by atoms with Crippen LogP contribution in [0, 0.1) is 0 Å². The molecule has 0 aromatic heterocycles. The predicted octanol–water partition coefficient (Wildman–Crippen LogP) is 3.24. The SMILES string of the molecule is O=C(Nc1ccccc1Cl)c1ccc2c(c1)CNCC2. The van der Waals surface area contributed by atoms with Gasteiger partial charge in [-0.25, -0.2) is 0 Å². The van der Waals surface area contributed by atoms with Crippen LogP contribution >= 0.6 is 11.6 Å². The summed E-state index contributed by atoms with van der Waals surface area (Å²) in [6.45, 7) is 1.82. The molecule has 0 spiro atoms. The van der Waals surface area contributed by atoms with Gasteiger partial charge in [-0.1, -0.05) is 29.8 Å². The van der Waals surface area contributed by atoms with Crippen LogP contribution in [0.2, 0.25) is 5.02 Å². The zero-order chi connectivity index (χ0) is 13.9. The fraction of sp³-hybridized carbons (Fsp3) is 0.188. The van der Waals surface area contributed by atoms with E-state index in [-0.39, 0.29) is 5.91 Å². The Morgan fingerprint density at radius 1 is 1.15 bits per heavy atom. The van der Waals surface area contributed by atoms with Crippen molar-refractivity contribution in [1.82, 2.24) is 5.32 Å². The van der Waals surface area contributed by atoms with Crippen molar-refractivity contribution >= 4 is 23.2 Å². The summed E-state index contributed by atoms with van der Waals surface area (Å²) in [7, 11) is 0. The van der Waals surface area contributed by atoms with Gasteiger partial charge < -0.3 is 10.6 Å². The Balaban J connectivity index is 1.82. The van der Waals surface area contributed by atoms with Crippen LogP contribution in [0.15, 0.2) is 42.5 Å². The highest BCUT2D eigenvalue weighted by Gasteiger charge is 2.13. The molecular formula is C16H15ClN2O. The lowest BCUT2D eigenvalue weighted by molar-refractivity contribution is 0.102. The molecule has 2 aromatic carbocycles. The van der Waals surface area contributed by atoms with Crippen LogP contribution in [0.5, 0.6) is 0 Å². The topological polar surface area (TPSA) is 41.1 Å². The lowest BCUT2D eigenvalue weighted by Crippen LogP contribution is -2.24. The van der Waals surface area contributed by atoms with Crippen molar-refractivity contribution in [3.8, 4) is 0 Å². The summed E-state index contributed by atoms with van der Waals surface area (Å²) in [5.41, 5.74) is 3.81. The van der Waals surface area contributed by atoms with Crippen molar-refractivity contribution < 1.29 is 4.79 Å². The van der Waals surface area contributed by atoms with Crippen LogP contribution in [0.4, 0.5) is 5.69 Å². The van der Waals surface area contributed by atoms with E-state index < -0.39 is 0 Å². The molecule has 1 aliphatic heterocycles. The monoisotopic (exact) mass is 286 g/mol. The fourth-order valence-electron chi connectivity index (χ4n) is 2.38. The summed E-state index contributed by atoms with van der Waals surface area (Å²) < 4.78 is 0. The second-order valence-corrected chi connectivity index (χ2v) is 5.25. The number of carbonyl (C=O) groups excluding carboxylic acids is 1. The van der Waals surface area contributed by atoms with Crippen LogP contribution in [0.25, 0.3) is 0 Å². The van der Waals surface area contributed by atoms with Gasteiger partial charge in [0.25, 0.3) is 5.91 Å². The lowest BCUT2D eigenvalue weighted by Gasteiger charge is -2.17. The minimum absolute atomic E-state index is 0.133. The molecule has 3 rings (SSSR count). The minimum atomic E-state index is -0.133. The molecule has 0 fully saturated rings.